The predicted octanol–water partition coefficient (Wildman–Crippen LogP) is 3.39. The zero-order valence-electron chi connectivity index (χ0n) is 20.3. The molecule has 2 heterocycles. The Morgan fingerprint density at radius 1 is 1.09 bits per heavy atom. The van der Waals surface area contributed by atoms with E-state index in [1.54, 1.807) is 22.8 Å². The summed E-state index contributed by atoms with van der Waals surface area (Å²) in [4.78, 5) is 4.98. The van der Waals surface area contributed by atoms with Gasteiger partial charge in [0.05, 0.1) is 10.6 Å². The van der Waals surface area contributed by atoms with Crippen LogP contribution in [0.25, 0.3) is 16.9 Å². The molecule has 0 atom stereocenters. The molecule has 35 heavy (non-hydrogen) atoms. The van der Waals surface area contributed by atoms with Gasteiger partial charge in [-0.2, -0.15) is 9.61 Å². The molecule has 0 radical (unpaired) electrons. The molecule has 4 rings (SSSR count). The van der Waals surface area contributed by atoms with E-state index in [0.717, 1.165) is 23.0 Å². The fourth-order valence-corrected chi connectivity index (χ4v) is 5.02. The first kappa shape index (κ1) is 25.2. The summed E-state index contributed by atoms with van der Waals surface area (Å²) in [6.45, 7) is 6.98. The second-order valence-electron chi connectivity index (χ2n) is 9.16. The van der Waals surface area contributed by atoms with Crippen molar-refractivity contribution in [1.29, 1.82) is 0 Å². The summed E-state index contributed by atoms with van der Waals surface area (Å²) in [7, 11) is -1.68. The van der Waals surface area contributed by atoms with Crippen LogP contribution in [-0.4, -0.2) is 44.0 Å². The van der Waals surface area contributed by atoms with Gasteiger partial charge < -0.3 is 5.32 Å². The fraction of sp³-hybridized carbons (Fsp3) is 0.280. The third-order valence-electron chi connectivity index (χ3n) is 6.35. The Kier molecular flexibility index (Phi) is 7.21. The van der Waals surface area contributed by atoms with Crippen LogP contribution in [0.1, 0.15) is 32.8 Å². The van der Waals surface area contributed by atoms with E-state index in [4.69, 9.17) is 16.6 Å². The first-order valence-corrected chi connectivity index (χ1v) is 13.4. The minimum atomic E-state index is -3.62. The molecule has 4 aromatic rings. The number of sulfonamides is 1. The second-order valence-corrected chi connectivity index (χ2v) is 11.3. The van der Waals surface area contributed by atoms with E-state index < -0.39 is 10.0 Å². The molecule has 0 aliphatic carbocycles. The van der Waals surface area contributed by atoms with Gasteiger partial charge in [-0.15, -0.1) is 0 Å². The Labute approximate surface area is 212 Å². The molecule has 182 valence electrons. The van der Waals surface area contributed by atoms with Crippen molar-refractivity contribution >= 4 is 46.4 Å². The maximum Gasteiger partial charge on any atom is 0.240 e. The quantitative estimate of drug-likeness (QED) is 0.267. The van der Waals surface area contributed by atoms with Crippen LogP contribution in [0.2, 0.25) is 5.02 Å². The fourth-order valence-electron chi connectivity index (χ4n) is 3.75. The lowest BCUT2D eigenvalue weighted by Crippen LogP contribution is -2.29. The molecule has 0 aliphatic rings. The lowest BCUT2D eigenvalue weighted by atomic mass is 9.82. The number of halogens is 1. The first-order chi connectivity index (χ1) is 16.6. The Morgan fingerprint density at radius 3 is 2.49 bits per heavy atom. The van der Waals surface area contributed by atoms with Crippen molar-refractivity contribution in [1.82, 2.24) is 19.3 Å². The summed E-state index contributed by atoms with van der Waals surface area (Å²) in [6.07, 6.45) is 2.72. The van der Waals surface area contributed by atoms with Gasteiger partial charge in [0.25, 0.3) is 0 Å². The smallest absolute Gasteiger partial charge is 0.240 e. The number of hydrogen-bond acceptors (Lipinski definition) is 5. The zero-order chi connectivity index (χ0) is 25.2. The number of benzene rings is 2. The van der Waals surface area contributed by atoms with Gasteiger partial charge in [-0.25, -0.2) is 18.1 Å². The van der Waals surface area contributed by atoms with E-state index in [-0.39, 0.29) is 16.9 Å². The SMILES string of the molecule is Bc1cnn2c(NCCNS(=O)(=O)c3ccc(C(C)(C)CC)cc3)cc(-c3ccccc3Cl)nc12. The minimum Gasteiger partial charge on any atom is -0.369 e. The molecular formula is C25H29BClN5O2S. The van der Waals surface area contributed by atoms with Crippen molar-refractivity contribution in [2.45, 2.75) is 37.5 Å². The molecule has 0 fully saturated rings. The standard InChI is InChI=1S/C25H29BClN5O2S/c1-4-25(2,3)17-9-11-18(12-10-17)35(33,34)30-14-13-28-23-15-22(19-7-5-6-8-21(19)27)31-24-20(26)16-29-32(23)24/h5-12,15-16,28,30H,4,13-14,26H2,1-3H3. The van der Waals surface area contributed by atoms with E-state index >= 15 is 0 Å². The van der Waals surface area contributed by atoms with Gasteiger partial charge in [-0.05, 0) is 41.1 Å². The molecule has 0 amide bonds. The first-order valence-electron chi connectivity index (χ1n) is 11.6. The number of nitrogens with zero attached hydrogens (tertiary/aromatic N) is 3. The molecular weight excluding hydrogens is 481 g/mol. The number of rotatable bonds is 9. The van der Waals surface area contributed by atoms with Crippen LogP contribution in [0.15, 0.2) is 65.7 Å². The number of nitrogens with one attached hydrogen (secondary N) is 2. The summed E-state index contributed by atoms with van der Waals surface area (Å²) < 4.78 is 29.9. The van der Waals surface area contributed by atoms with Crippen LogP contribution in [0.4, 0.5) is 5.82 Å². The van der Waals surface area contributed by atoms with E-state index in [0.29, 0.717) is 28.7 Å². The lowest BCUT2D eigenvalue weighted by Gasteiger charge is -2.23. The molecule has 0 saturated heterocycles. The number of hydrogen-bond donors (Lipinski definition) is 2. The summed E-state index contributed by atoms with van der Waals surface area (Å²) in [5.41, 5.74) is 4.29. The number of aromatic nitrogens is 3. The van der Waals surface area contributed by atoms with E-state index in [9.17, 15) is 8.42 Å². The van der Waals surface area contributed by atoms with Gasteiger partial charge in [-0.3, -0.25) is 0 Å². The van der Waals surface area contributed by atoms with Crippen LogP contribution in [0.3, 0.4) is 0 Å². The van der Waals surface area contributed by atoms with Gasteiger partial charge in [-0.1, -0.05) is 62.7 Å². The van der Waals surface area contributed by atoms with Crippen molar-refractivity contribution in [2.24, 2.45) is 0 Å². The van der Waals surface area contributed by atoms with Gasteiger partial charge >= 0.3 is 0 Å². The van der Waals surface area contributed by atoms with E-state index in [2.05, 4.69) is 35.9 Å². The van der Waals surface area contributed by atoms with Crippen molar-refractivity contribution in [3.63, 3.8) is 0 Å². The summed E-state index contributed by atoms with van der Waals surface area (Å²) >= 11 is 6.39. The zero-order valence-corrected chi connectivity index (χ0v) is 21.9. The third kappa shape index (κ3) is 5.37. The highest BCUT2D eigenvalue weighted by Crippen LogP contribution is 2.29. The van der Waals surface area contributed by atoms with Crippen molar-refractivity contribution in [3.05, 3.63) is 71.4 Å². The minimum absolute atomic E-state index is 0.00318. The Balaban J connectivity index is 1.48. The molecule has 0 aliphatic heterocycles. The molecule has 2 N–H and O–H groups in total. The van der Waals surface area contributed by atoms with Crippen molar-refractivity contribution in [3.8, 4) is 11.3 Å². The van der Waals surface area contributed by atoms with Gasteiger partial charge in [0.1, 0.15) is 13.7 Å². The van der Waals surface area contributed by atoms with Crippen molar-refractivity contribution < 1.29 is 8.42 Å². The Hall–Kier alpha value is -2.88. The highest BCUT2D eigenvalue weighted by Gasteiger charge is 2.20. The van der Waals surface area contributed by atoms with Crippen LogP contribution < -0.4 is 15.5 Å². The summed E-state index contributed by atoms with van der Waals surface area (Å²) in [6, 6.07) is 16.5. The molecule has 0 unspecified atom stereocenters. The number of anilines is 1. The van der Waals surface area contributed by atoms with Crippen LogP contribution in [0, 0.1) is 0 Å². The molecule has 2 aromatic heterocycles. The molecule has 7 nitrogen and oxygen atoms in total. The molecule has 2 aromatic carbocycles. The molecule has 10 heteroatoms. The monoisotopic (exact) mass is 509 g/mol. The summed E-state index contributed by atoms with van der Waals surface area (Å²) in [5.74, 6) is 0.698. The van der Waals surface area contributed by atoms with Crippen LogP contribution in [0.5, 0.6) is 0 Å². The lowest BCUT2D eigenvalue weighted by molar-refractivity contribution is 0.505. The number of fused-ring (bicyclic) bond motifs is 1. The van der Waals surface area contributed by atoms with Crippen LogP contribution >= 0.6 is 11.6 Å². The molecule has 0 spiro atoms. The topological polar surface area (TPSA) is 88.4 Å². The summed E-state index contributed by atoms with van der Waals surface area (Å²) in [5, 5.41) is 8.29. The largest absolute Gasteiger partial charge is 0.369 e. The van der Waals surface area contributed by atoms with Gasteiger partial charge in [0, 0.05) is 35.9 Å². The Bertz CT molecular complexity index is 1450. The maximum absolute atomic E-state index is 12.8. The maximum atomic E-state index is 12.8. The predicted molar refractivity (Wildman–Crippen MR) is 145 cm³/mol. The highest BCUT2D eigenvalue weighted by atomic mass is 35.5. The average molecular weight is 510 g/mol. The van der Waals surface area contributed by atoms with Crippen molar-refractivity contribution in [2.75, 3.05) is 18.4 Å². The average Bonchev–Trinajstić information content (AvgIpc) is 3.23. The van der Waals surface area contributed by atoms with Crippen LogP contribution in [-0.2, 0) is 15.4 Å². The van der Waals surface area contributed by atoms with E-state index in [1.807, 2.05) is 50.3 Å². The second kappa shape index (κ2) is 10.0. The Morgan fingerprint density at radius 2 is 1.80 bits per heavy atom. The van der Waals surface area contributed by atoms with Gasteiger partial charge in [0.2, 0.25) is 10.0 Å². The van der Waals surface area contributed by atoms with E-state index in [1.165, 1.54) is 0 Å². The highest BCUT2D eigenvalue weighted by molar-refractivity contribution is 7.89. The normalized spacial score (nSPS) is 12.2. The molecule has 0 bridgehead atoms. The van der Waals surface area contributed by atoms with Gasteiger partial charge in [0.15, 0.2) is 5.65 Å². The third-order valence-corrected chi connectivity index (χ3v) is 8.16. The molecule has 0 saturated carbocycles.